The van der Waals surface area contributed by atoms with Crippen LogP contribution < -0.4 is 10.6 Å². The molecule has 2 fully saturated rings. The van der Waals surface area contributed by atoms with Crippen LogP contribution in [0.1, 0.15) is 19.3 Å². The number of nitrogens with zero attached hydrogens (tertiary/aromatic N) is 1. The maximum Gasteiger partial charge on any atom is 0.234 e. The Hall–Kier alpha value is -0.610. The van der Waals surface area contributed by atoms with Gasteiger partial charge in [-0.3, -0.25) is 9.69 Å². The van der Waals surface area contributed by atoms with Gasteiger partial charge in [0.05, 0.1) is 6.54 Å². The Morgan fingerprint density at radius 1 is 1.29 bits per heavy atom. The van der Waals surface area contributed by atoms with E-state index in [-0.39, 0.29) is 5.91 Å². The molecular formula is C10H19N3O. The van der Waals surface area contributed by atoms with Gasteiger partial charge in [-0.1, -0.05) is 0 Å². The predicted octanol–water partition coefficient (Wildman–Crippen LogP) is -0.440. The first kappa shape index (κ1) is 9.93. The molecule has 0 aromatic heterocycles. The summed E-state index contributed by atoms with van der Waals surface area (Å²) < 4.78 is 0. The zero-order valence-electron chi connectivity index (χ0n) is 8.59. The van der Waals surface area contributed by atoms with Crippen LogP contribution in [0.2, 0.25) is 0 Å². The summed E-state index contributed by atoms with van der Waals surface area (Å²) in [5, 5.41) is 6.31. The van der Waals surface area contributed by atoms with Crippen LogP contribution in [0.4, 0.5) is 0 Å². The molecular weight excluding hydrogens is 178 g/mol. The monoisotopic (exact) mass is 197 g/mol. The maximum atomic E-state index is 11.4. The number of carbonyl (C=O) groups is 1. The number of hydrogen-bond acceptors (Lipinski definition) is 3. The van der Waals surface area contributed by atoms with E-state index >= 15 is 0 Å². The zero-order chi connectivity index (χ0) is 9.80. The zero-order valence-corrected chi connectivity index (χ0v) is 8.59. The van der Waals surface area contributed by atoms with Crippen molar-refractivity contribution in [3.8, 4) is 0 Å². The van der Waals surface area contributed by atoms with Gasteiger partial charge in [0, 0.05) is 25.7 Å². The molecule has 4 heteroatoms. The fraction of sp³-hybridized carbons (Fsp3) is 0.900. The molecule has 2 aliphatic rings. The molecule has 1 amide bonds. The molecule has 1 atom stereocenters. The summed E-state index contributed by atoms with van der Waals surface area (Å²) in [5.74, 6) is 0.188. The summed E-state index contributed by atoms with van der Waals surface area (Å²) in [6.45, 7) is 4.68. The van der Waals surface area contributed by atoms with E-state index in [2.05, 4.69) is 15.5 Å². The second-order valence-electron chi connectivity index (χ2n) is 4.17. The molecule has 2 saturated heterocycles. The van der Waals surface area contributed by atoms with Gasteiger partial charge in [-0.2, -0.15) is 0 Å². The number of nitrogens with one attached hydrogen (secondary N) is 2. The van der Waals surface area contributed by atoms with Crippen molar-refractivity contribution in [1.29, 1.82) is 0 Å². The molecule has 2 aliphatic heterocycles. The Labute approximate surface area is 85.0 Å². The van der Waals surface area contributed by atoms with Crippen molar-refractivity contribution >= 4 is 5.91 Å². The highest BCUT2D eigenvalue weighted by molar-refractivity contribution is 5.78. The first-order valence-electron chi connectivity index (χ1n) is 5.58. The quantitative estimate of drug-likeness (QED) is 0.599. The molecule has 14 heavy (non-hydrogen) atoms. The van der Waals surface area contributed by atoms with E-state index in [4.69, 9.17) is 0 Å². The lowest BCUT2D eigenvalue weighted by molar-refractivity contribution is -0.122. The van der Waals surface area contributed by atoms with Gasteiger partial charge in [-0.05, 0) is 25.8 Å². The molecule has 0 saturated carbocycles. The second-order valence-corrected chi connectivity index (χ2v) is 4.17. The predicted molar refractivity (Wildman–Crippen MR) is 55.1 cm³/mol. The minimum absolute atomic E-state index is 0.188. The van der Waals surface area contributed by atoms with Crippen LogP contribution in [0.5, 0.6) is 0 Å². The van der Waals surface area contributed by atoms with Crippen molar-refractivity contribution in [2.75, 3.05) is 32.7 Å². The van der Waals surface area contributed by atoms with Crippen molar-refractivity contribution in [2.45, 2.75) is 25.3 Å². The van der Waals surface area contributed by atoms with Gasteiger partial charge in [-0.15, -0.1) is 0 Å². The molecule has 0 bridgehead atoms. The third kappa shape index (κ3) is 2.45. The van der Waals surface area contributed by atoms with E-state index in [1.807, 2.05) is 0 Å². The summed E-state index contributed by atoms with van der Waals surface area (Å²) in [6.07, 6.45) is 3.56. The fourth-order valence-corrected chi connectivity index (χ4v) is 2.29. The van der Waals surface area contributed by atoms with Crippen LogP contribution in [-0.4, -0.2) is 49.6 Å². The Morgan fingerprint density at radius 2 is 2.21 bits per heavy atom. The van der Waals surface area contributed by atoms with Crippen LogP contribution in [0, 0.1) is 0 Å². The third-order valence-electron chi connectivity index (χ3n) is 3.08. The lowest BCUT2D eigenvalue weighted by Gasteiger charge is -2.32. The highest BCUT2D eigenvalue weighted by Gasteiger charge is 2.23. The highest BCUT2D eigenvalue weighted by Crippen LogP contribution is 2.11. The average molecular weight is 197 g/mol. The standard InChI is InChI=1S/C10H19N3O/c14-10-8-13(6-2-5-12-10)9-3-1-4-11-7-9/h9,11H,1-8H2,(H,12,14). The van der Waals surface area contributed by atoms with Crippen LogP contribution in [0.3, 0.4) is 0 Å². The minimum Gasteiger partial charge on any atom is -0.355 e. The number of piperidine rings is 1. The summed E-state index contributed by atoms with van der Waals surface area (Å²) in [7, 11) is 0. The first-order chi connectivity index (χ1) is 6.86. The second kappa shape index (κ2) is 4.75. The molecule has 2 N–H and O–H groups in total. The normalized spacial score (nSPS) is 30.9. The molecule has 80 valence electrons. The highest BCUT2D eigenvalue weighted by atomic mass is 16.2. The van der Waals surface area contributed by atoms with E-state index in [0.717, 1.165) is 32.6 Å². The molecule has 0 aromatic carbocycles. The third-order valence-corrected chi connectivity index (χ3v) is 3.08. The molecule has 0 spiro atoms. The molecule has 0 aromatic rings. The number of carbonyl (C=O) groups excluding carboxylic acids is 1. The van der Waals surface area contributed by atoms with Crippen molar-refractivity contribution in [1.82, 2.24) is 15.5 Å². The summed E-state index contributed by atoms with van der Waals surface area (Å²) in [6, 6.07) is 0.576. The molecule has 2 rings (SSSR count). The van der Waals surface area contributed by atoms with Gasteiger partial charge >= 0.3 is 0 Å². The Morgan fingerprint density at radius 3 is 3.00 bits per heavy atom. The number of rotatable bonds is 1. The SMILES string of the molecule is O=C1CN(C2CCCNC2)CCCN1. The van der Waals surface area contributed by atoms with E-state index in [1.54, 1.807) is 0 Å². The van der Waals surface area contributed by atoms with E-state index in [0.29, 0.717) is 12.6 Å². The van der Waals surface area contributed by atoms with Crippen molar-refractivity contribution < 1.29 is 4.79 Å². The van der Waals surface area contributed by atoms with Crippen LogP contribution in [-0.2, 0) is 4.79 Å². The molecule has 0 aliphatic carbocycles. The lowest BCUT2D eigenvalue weighted by Crippen LogP contribution is -2.48. The van der Waals surface area contributed by atoms with Gasteiger partial charge in [0.1, 0.15) is 0 Å². The van der Waals surface area contributed by atoms with Crippen LogP contribution in [0.25, 0.3) is 0 Å². The Kier molecular flexibility index (Phi) is 3.37. The molecule has 4 nitrogen and oxygen atoms in total. The van der Waals surface area contributed by atoms with Gasteiger partial charge in [-0.25, -0.2) is 0 Å². The van der Waals surface area contributed by atoms with Crippen LogP contribution >= 0.6 is 0 Å². The van der Waals surface area contributed by atoms with Crippen molar-refractivity contribution in [2.24, 2.45) is 0 Å². The topological polar surface area (TPSA) is 44.4 Å². The van der Waals surface area contributed by atoms with E-state index in [9.17, 15) is 4.79 Å². The van der Waals surface area contributed by atoms with Gasteiger partial charge in [0.2, 0.25) is 5.91 Å². The lowest BCUT2D eigenvalue weighted by atomic mass is 10.1. The van der Waals surface area contributed by atoms with Gasteiger partial charge in [0.25, 0.3) is 0 Å². The minimum atomic E-state index is 0.188. The van der Waals surface area contributed by atoms with Gasteiger partial charge < -0.3 is 10.6 Å². The molecule has 1 unspecified atom stereocenters. The fourth-order valence-electron chi connectivity index (χ4n) is 2.29. The van der Waals surface area contributed by atoms with Crippen LogP contribution in [0.15, 0.2) is 0 Å². The maximum absolute atomic E-state index is 11.4. The number of amides is 1. The Bertz CT molecular complexity index is 202. The summed E-state index contributed by atoms with van der Waals surface area (Å²) in [4.78, 5) is 13.7. The summed E-state index contributed by atoms with van der Waals surface area (Å²) >= 11 is 0. The van der Waals surface area contributed by atoms with E-state index in [1.165, 1.54) is 12.8 Å². The molecule has 2 heterocycles. The van der Waals surface area contributed by atoms with Crippen molar-refractivity contribution in [3.63, 3.8) is 0 Å². The smallest absolute Gasteiger partial charge is 0.234 e. The summed E-state index contributed by atoms with van der Waals surface area (Å²) in [5.41, 5.74) is 0. The number of hydrogen-bond donors (Lipinski definition) is 2. The average Bonchev–Trinajstić information content (AvgIpc) is 2.44. The largest absolute Gasteiger partial charge is 0.355 e. The Balaban J connectivity index is 1.90. The van der Waals surface area contributed by atoms with Crippen molar-refractivity contribution in [3.05, 3.63) is 0 Å². The van der Waals surface area contributed by atoms with Gasteiger partial charge in [0.15, 0.2) is 0 Å². The first-order valence-corrected chi connectivity index (χ1v) is 5.58. The molecule has 0 radical (unpaired) electrons. The van der Waals surface area contributed by atoms with E-state index < -0.39 is 0 Å².